The first-order chi connectivity index (χ1) is 10.6. The van der Waals surface area contributed by atoms with Crippen LogP contribution in [0.2, 0.25) is 6.04 Å². The van der Waals surface area contributed by atoms with Gasteiger partial charge in [0.05, 0.1) is 19.3 Å². The Labute approximate surface area is 139 Å². The van der Waals surface area contributed by atoms with Gasteiger partial charge in [0, 0.05) is 32.5 Å². The summed E-state index contributed by atoms with van der Waals surface area (Å²) in [6, 6.07) is 0.690. The van der Waals surface area contributed by atoms with E-state index in [0.29, 0.717) is 32.5 Å². The maximum atomic E-state index is 5.79. The predicted molar refractivity (Wildman–Crippen MR) is 92.2 cm³/mol. The molecule has 2 atom stereocenters. The summed E-state index contributed by atoms with van der Waals surface area (Å²) in [5.41, 5.74) is 0. The van der Waals surface area contributed by atoms with Crippen molar-refractivity contribution < 1.29 is 27.2 Å². The summed E-state index contributed by atoms with van der Waals surface area (Å²) in [6.45, 7) is 14.1. The monoisotopic (exact) mass is 354 g/mol. The highest BCUT2D eigenvalue weighted by molar-refractivity contribution is 6.60. The van der Waals surface area contributed by atoms with Crippen LogP contribution in [0.25, 0.3) is 0 Å². The van der Waals surface area contributed by atoms with Gasteiger partial charge in [0.25, 0.3) is 0 Å². The van der Waals surface area contributed by atoms with Gasteiger partial charge < -0.3 is 27.2 Å². The van der Waals surface area contributed by atoms with E-state index in [1.54, 1.807) is 0 Å². The topological polar surface area (TPSA) is 58.7 Å². The third-order valence-corrected chi connectivity index (χ3v) is 6.73. The molecule has 1 aliphatic rings. The SMILES string of the molecule is CCO[SiH3].CCO[Si](CC(C)OCC1CO1)(OCC)OCC. The Kier molecular flexibility index (Phi) is 13.7. The summed E-state index contributed by atoms with van der Waals surface area (Å²) in [5.74, 6) is 0. The van der Waals surface area contributed by atoms with Crippen LogP contribution in [0.3, 0.4) is 0 Å². The highest BCUT2D eigenvalue weighted by Gasteiger charge is 2.42. The zero-order valence-corrected chi connectivity index (χ0v) is 18.1. The Morgan fingerprint density at radius 3 is 1.82 bits per heavy atom. The molecule has 1 saturated heterocycles. The third kappa shape index (κ3) is 10.8. The van der Waals surface area contributed by atoms with Crippen LogP contribution in [0.1, 0.15) is 34.6 Å². The second-order valence-electron chi connectivity index (χ2n) is 4.86. The van der Waals surface area contributed by atoms with Crippen LogP contribution >= 0.6 is 0 Å². The molecule has 1 heterocycles. The first kappa shape index (κ1) is 22.2. The average molecular weight is 355 g/mol. The van der Waals surface area contributed by atoms with Crippen molar-refractivity contribution >= 4 is 19.3 Å². The van der Waals surface area contributed by atoms with Gasteiger partial charge in [-0.25, -0.2) is 0 Å². The van der Waals surface area contributed by atoms with Crippen LogP contribution in [-0.2, 0) is 27.2 Å². The van der Waals surface area contributed by atoms with E-state index in [1.807, 2.05) is 34.6 Å². The van der Waals surface area contributed by atoms with Gasteiger partial charge in [-0.2, -0.15) is 0 Å². The molecule has 8 heteroatoms. The van der Waals surface area contributed by atoms with Crippen molar-refractivity contribution in [3.05, 3.63) is 0 Å². The molecule has 0 aromatic rings. The number of hydrogen-bond donors (Lipinski definition) is 0. The van der Waals surface area contributed by atoms with Gasteiger partial charge in [-0.3, -0.25) is 0 Å². The summed E-state index contributed by atoms with van der Waals surface area (Å²) in [5, 5.41) is 0. The Morgan fingerprint density at radius 1 is 1.05 bits per heavy atom. The third-order valence-electron chi connectivity index (χ3n) is 2.89. The van der Waals surface area contributed by atoms with Gasteiger partial charge in [-0.15, -0.1) is 0 Å². The molecular formula is C14H34O6Si2. The minimum absolute atomic E-state index is 0.0607. The largest absolute Gasteiger partial charge is 0.503 e. The smallest absolute Gasteiger partial charge is 0.428 e. The lowest BCUT2D eigenvalue weighted by Crippen LogP contribution is -2.48. The fraction of sp³-hybridized carbons (Fsp3) is 1.00. The van der Waals surface area contributed by atoms with Crippen molar-refractivity contribution in [2.75, 3.05) is 39.6 Å². The first-order valence-corrected chi connectivity index (χ1v) is 11.0. The molecule has 0 aromatic carbocycles. The van der Waals surface area contributed by atoms with Gasteiger partial charge in [-0.05, 0) is 34.6 Å². The summed E-state index contributed by atoms with van der Waals surface area (Å²) < 4.78 is 32.9. The molecule has 0 N–H and O–H groups in total. The molecule has 6 nitrogen and oxygen atoms in total. The van der Waals surface area contributed by atoms with Crippen LogP contribution in [0.4, 0.5) is 0 Å². The van der Waals surface area contributed by atoms with E-state index in [2.05, 4.69) is 4.43 Å². The second-order valence-corrected chi connectivity index (χ2v) is 8.08. The number of rotatable bonds is 12. The standard InChI is InChI=1S/C12H26O5Si.C2H8OSi/c1-5-15-18(16-6-2,17-7-3)10-11(4)13-8-12-9-14-12;1-2-3-4/h11-12H,5-10H2,1-4H3;2H2,1,4H3. The minimum Gasteiger partial charge on any atom is -0.428 e. The molecule has 0 aromatic heterocycles. The minimum atomic E-state index is -2.58. The number of hydrogen-bond acceptors (Lipinski definition) is 6. The summed E-state index contributed by atoms with van der Waals surface area (Å²) >= 11 is 0. The Hall–Kier alpha value is 0.194. The van der Waals surface area contributed by atoms with Gasteiger partial charge >= 0.3 is 8.80 Å². The molecule has 1 aliphatic heterocycles. The number of ether oxygens (including phenoxy) is 2. The van der Waals surface area contributed by atoms with E-state index in [0.717, 1.165) is 23.7 Å². The molecule has 0 spiro atoms. The Bertz CT molecular complexity index is 234. The lowest BCUT2D eigenvalue weighted by molar-refractivity contribution is 0.0280. The summed E-state index contributed by atoms with van der Waals surface area (Å²) in [4.78, 5) is 0. The van der Waals surface area contributed by atoms with Crippen molar-refractivity contribution in [1.82, 2.24) is 0 Å². The van der Waals surface area contributed by atoms with Crippen LogP contribution < -0.4 is 0 Å². The average Bonchev–Trinajstić information content (AvgIpc) is 3.30. The molecule has 0 saturated carbocycles. The molecular weight excluding hydrogens is 320 g/mol. The van der Waals surface area contributed by atoms with E-state index >= 15 is 0 Å². The van der Waals surface area contributed by atoms with E-state index in [9.17, 15) is 0 Å². The maximum Gasteiger partial charge on any atom is 0.503 e. The quantitative estimate of drug-likeness (QED) is 0.387. The maximum absolute atomic E-state index is 5.79. The van der Waals surface area contributed by atoms with E-state index in [4.69, 9.17) is 22.8 Å². The molecule has 0 aliphatic carbocycles. The fourth-order valence-corrected chi connectivity index (χ4v) is 4.55. The zero-order chi connectivity index (χ0) is 16.8. The van der Waals surface area contributed by atoms with Crippen molar-refractivity contribution in [2.24, 2.45) is 0 Å². The van der Waals surface area contributed by atoms with Crippen LogP contribution in [-0.4, -0.2) is 71.1 Å². The molecule has 1 rings (SSSR count). The first-order valence-electron chi connectivity index (χ1n) is 8.21. The molecule has 1 fully saturated rings. The highest BCUT2D eigenvalue weighted by Crippen LogP contribution is 2.21. The number of epoxide rings is 1. The zero-order valence-electron chi connectivity index (χ0n) is 15.1. The fourth-order valence-electron chi connectivity index (χ4n) is 1.81. The molecule has 0 radical (unpaired) electrons. The molecule has 2 unspecified atom stereocenters. The van der Waals surface area contributed by atoms with Crippen molar-refractivity contribution in [3.63, 3.8) is 0 Å². The molecule has 0 amide bonds. The van der Waals surface area contributed by atoms with Crippen molar-refractivity contribution in [1.29, 1.82) is 0 Å². The van der Waals surface area contributed by atoms with Crippen molar-refractivity contribution in [2.45, 2.75) is 52.9 Å². The highest BCUT2D eigenvalue weighted by atomic mass is 28.4. The van der Waals surface area contributed by atoms with E-state index in [1.165, 1.54) is 0 Å². The molecule has 22 heavy (non-hydrogen) atoms. The van der Waals surface area contributed by atoms with E-state index in [-0.39, 0.29) is 12.2 Å². The predicted octanol–water partition coefficient (Wildman–Crippen LogP) is 1.14. The lowest BCUT2D eigenvalue weighted by atomic mass is 10.4. The van der Waals surface area contributed by atoms with Crippen LogP contribution in [0.5, 0.6) is 0 Å². The van der Waals surface area contributed by atoms with E-state index < -0.39 is 8.80 Å². The van der Waals surface area contributed by atoms with Crippen LogP contribution in [0, 0.1) is 0 Å². The normalized spacial score (nSPS) is 18.7. The molecule has 0 bridgehead atoms. The van der Waals surface area contributed by atoms with Gasteiger partial charge in [0.1, 0.15) is 16.6 Å². The van der Waals surface area contributed by atoms with Crippen molar-refractivity contribution in [3.8, 4) is 0 Å². The van der Waals surface area contributed by atoms with Gasteiger partial charge in [-0.1, -0.05) is 0 Å². The summed E-state index contributed by atoms with van der Waals surface area (Å²) in [7, 11) is -1.69. The lowest BCUT2D eigenvalue weighted by Gasteiger charge is -2.30. The molecule has 134 valence electrons. The summed E-state index contributed by atoms with van der Waals surface area (Å²) in [6.07, 6.45) is 0.348. The van der Waals surface area contributed by atoms with Gasteiger partial charge in [0.15, 0.2) is 0 Å². The van der Waals surface area contributed by atoms with Gasteiger partial charge in [0.2, 0.25) is 0 Å². The van der Waals surface area contributed by atoms with Crippen LogP contribution in [0.15, 0.2) is 0 Å². The second kappa shape index (κ2) is 13.6. The Balaban J connectivity index is 0.000000980. The Morgan fingerprint density at radius 2 is 1.50 bits per heavy atom.